The highest BCUT2D eigenvalue weighted by molar-refractivity contribution is 7.26. The molecule has 0 amide bonds. The third-order valence-electron chi connectivity index (χ3n) is 28.5. The van der Waals surface area contributed by atoms with E-state index in [4.69, 9.17) is 39.3 Å². The number of fused-ring (bicyclic) bond motifs is 19. The second kappa shape index (κ2) is 33.2. The highest BCUT2D eigenvalue weighted by Crippen LogP contribution is 2.55. The van der Waals surface area contributed by atoms with Gasteiger partial charge in [0.1, 0.15) is 11.2 Å². The summed E-state index contributed by atoms with van der Waals surface area (Å²) in [5.74, 6) is 3.91. The van der Waals surface area contributed by atoms with E-state index in [1.54, 1.807) is 11.3 Å². The monoisotopic (exact) mass is 1790 g/mol. The van der Waals surface area contributed by atoms with Crippen molar-refractivity contribution in [1.29, 1.82) is 0 Å². The second-order valence-electron chi connectivity index (χ2n) is 37.8. The molecule has 0 atom stereocenters. The SMILES string of the molecule is CC1(C)c2ccccc2-c2cc3c(cc21)c1ccccc1n3-c1ccc(-c2nc(-c3ccccc3)nc(-c3ccccc3)n2)cc1.CC1(C)c2ccccc2-c2ccc(-c3cccc(-c4cc(-c5ccccc5)nc(-c5cccc(-c6ccc7c(c6)C(C)(C)c6ccccc6-7)c5)c4)c3)cc21.c1ccc(-c2nc(-c3ccccc3)nc(-c3ccc4oc5c(ccc6sc7ccccc7c65)c4c3)n2)cc1. The van der Waals surface area contributed by atoms with Crippen molar-refractivity contribution in [3.8, 4) is 163 Å². The van der Waals surface area contributed by atoms with Gasteiger partial charge in [0, 0.05) is 108 Å². The summed E-state index contributed by atoms with van der Waals surface area (Å²) in [6.45, 7) is 14.1. The number of para-hydroxylation sites is 1. The Bertz CT molecular complexity index is 8680. The van der Waals surface area contributed by atoms with Crippen LogP contribution in [0.5, 0.6) is 0 Å². The molecule has 3 aliphatic carbocycles. The zero-order valence-electron chi connectivity index (χ0n) is 77.0. The van der Waals surface area contributed by atoms with E-state index in [1.165, 1.54) is 137 Å². The molecule has 0 unspecified atom stereocenters. The minimum atomic E-state index is -0.0489. The van der Waals surface area contributed by atoms with Gasteiger partial charge in [0.15, 0.2) is 34.9 Å². The van der Waals surface area contributed by atoms with Crippen LogP contribution in [0.15, 0.2) is 441 Å². The van der Waals surface area contributed by atoms with Gasteiger partial charge in [-0.25, -0.2) is 34.9 Å². The van der Waals surface area contributed by atoms with Crippen LogP contribution >= 0.6 is 11.3 Å². The number of pyridine rings is 1. The van der Waals surface area contributed by atoms with Crippen molar-refractivity contribution in [3.05, 3.63) is 470 Å². The number of hydrogen-bond donors (Lipinski definition) is 0. The molecule has 9 nitrogen and oxygen atoms in total. The van der Waals surface area contributed by atoms with Crippen LogP contribution in [0.3, 0.4) is 0 Å². The van der Waals surface area contributed by atoms with Gasteiger partial charge in [0.25, 0.3) is 0 Å². The maximum Gasteiger partial charge on any atom is 0.164 e. The summed E-state index contributed by atoms with van der Waals surface area (Å²) in [7, 11) is 0. The average Bonchev–Trinajstić information content (AvgIpc) is 1.54. The molecule has 0 aliphatic heterocycles. The van der Waals surface area contributed by atoms with E-state index in [1.807, 2.05) is 133 Å². The molecule has 0 saturated carbocycles. The lowest BCUT2D eigenvalue weighted by Gasteiger charge is -2.22. The molecule has 654 valence electrons. The van der Waals surface area contributed by atoms with Crippen LogP contribution in [0.25, 0.3) is 227 Å². The Morgan fingerprint density at radius 3 is 1.11 bits per heavy atom. The summed E-state index contributed by atoms with van der Waals surface area (Å²) < 4.78 is 11.4. The molecule has 0 fully saturated rings. The Kier molecular flexibility index (Phi) is 20.0. The van der Waals surface area contributed by atoms with Crippen molar-refractivity contribution < 1.29 is 4.42 Å². The fourth-order valence-corrected chi connectivity index (χ4v) is 22.5. The third kappa shape index (κ3) is 14.3. The number of thiophene rings is 1. The van der Waals surface area contributed by atoms with Crippen molar-refractivity contribution in [2.75, 3.05) is 0 Å². The van der Waals surface area contributed by atoms with Crippen LogP contribution in [0.2, 0.25) is 0 Å². The lowest BCUT2D eigenvalue weighted by atomic mass is 9.81. The van der Waals surface area contributed by atoms with Crippen molar-refractivity contribution in [1.82, 2.24) is 39.5 Å². The van der Waals surface area contributed by atoms with Gasteiger partial charge in [-0.15, -0.1) is 11.3 Å². The van der Waals surface area contributed by atoms with Crippen molar-refractivity contribution in [2.24, 2.45) is 0 Å². The smallest absolute Gasteiger partial charge is 0.164 e. The number of hydrogen-bond acceptors (Lipinski definition) is 9. The molecule has 0 spiro atoms. The number of nitrogens with zero attached hydrogens (tertiary/aromatic N) is 8. The van der Waals surface area contributed by atoms with Gasteiger partial charge in [-0.2, -0.15) is 0 Å². The van der Waals surface area contributed by atoms with Crippen molar-refractivity contribution >= 4 is 75.3 Å². The standard InChI is InChI=1S/C53H41N.C42H30N4.C33H19N3OS/c1-52(2)46-22-10-8-20-42(46)44-26-24-38(30-48(44)52)35-16-12-18-37(28-35)41-32-50(34-14-6-5-7-15-34)54-51(33-41)40-19-13-17-36(29-40)39-25-27-45-43-21-9-11-23-47(43)53(3,4)49(45)31-39;1-42(2)35-19-11-9-17-31(35)33-26-38-34(25-36(33)42)32-18-10-12-20-37(32)46(38)30-23-21-29(22-24-30)41-44-39(27-13-5-3-6-14-27)43-40(45-41)28-15-7-4-8-16-28;1-3-9-20(10-4-1)31-34-32(21-11-5-2-6-12-21)36-33(35-31)22-15-17-26-25(19-22)23-16-18-28-29(30(23)37-26)24-13-7-8-14-27(24)38-28/h5-33H,1-4H3;3-26H,1-2H3;1-19H. The lowest BCUT2D eigenvalue weighted by molar-refractivity contribution is 0.660. The van der Waals surface area contributed by atoms with Gasteiger partial charge in [-0.3, -0.25) is 0 Å². The number of rotatable bonds is 12. The topological polar surface area (TPSA) is 108 Å². The van der Waals surface area contributed by atoms with E-state index < -0.39 is 0 Å². The predicted octanol–water partition coefficient (Wildman–Crippen LogP) is 33.4. The first-order valence-corrected chi connectivity index (χ1v) is 48.0. The van der Waals surface area contributed by atoms with E-state index in [0.717, 1.165) is 89.1 Å². The van der Waals surface area contributed by atoms with E-state index in [-0.39, 0.29) is 16.2 Å². The van der Waals surface area contributed by atoms with Crippen molar-refractivity contribution in [2.45, 2.75) is 57.8 Å². The van der Waals surface area contributed by atoms with Gasteiger partial charge in [-0.05, 0) is 215 Å². The minimum absolute atomic E-state index is 0.0420. The molecule has 0 saturated heterocycles. The Morgan fingerprint density at radius 2 is 0.587 bits per heavy atom. The molecular weight excluding hydrogens is 1700 g/mol. The van der Waals surface area contributed by atoms with E-state index in [9.17, 15) is 0 Å². The van der Waals surface area contributed by atoms with Crippen LogP contribution in [0.1, 0.15) is 74.9 Å². The molecule has 0 radical (unpaired) electrons. The quantitative estimate of drug-likeness (QED) is 0.119. The minimum Gasteiger partial charge on any atom is -0.455 e. The van der Waals surface area contributed by atoms with Gasteiger partial charge < -0.3 is 8.98 Å². The van der Waals surface area contributed by atoms with Crippen LogP contribution < -0.4 is 0 Å². The Balaban J connectivity index is 0.000000111. The van der Waals surface area contributed by atoms with Crippen LogP contribution in [-0.4, -0.2) is 39.5 Å². The number of furan rings is 1. The molecule has 3 aliphatic rings. The molecule has 0 bridgehead atoms. The highest BCUT2D eigenvalue weighted by atomic mass is 32.1. The Hall–Kier alpha value is -17.1. The Labute approximate surface area is 804 Å². The Morgan fingerprint density at radius 1 is 0.210 bits per heavy atom. The first-order valence-electron chi connectivity index (χ1n) is 47.2. The first-order chi connectivity index (χ1) is 67.6. The predicted molar refractivity (Wildman–Crippen MR) is 571 cm³/mol. The molecule has 0 N–H and O–H groups in total. The van der Waals surface area contributed by atoms with Crippen molar-refractivity contribution in [3.63, 3.8) is 0 Å². The summed E-state index contributed by atoms with van der Waals surface area (Å²) >= 11 is 1.80. The molecule has 6 heterocycles. The molecule has 24 aromatic rings. The number of benzene rings is 18. The highest BCUT2D eigenvalue weighted by Gasteiger charge is 2.39. The number of aromatic nitrogens is 8. The summed E-state index contributed by atoms with van der Waals surface area (Å²) in [6.07, 6.45) is 0. The molecular formula is C128H90N8OS. The van der Waals surface area contributed by atoms with Gasteiger partial charge in [0.2, 0.25) is 0 Å². The van der Waals surface area contributed by atoms with E-state index in [2.05, 4.69) is 349 Å². The van der Waals surface area contributed by atoms with E-state index in [0.29, 0.717) is 34.9 Å². The molecule has 138 heavy (non-hydrogen) atoms. The summed E-state index contributed by atoms with van der Waals surface area (Å²) in [5.41, 5.74) is 38.6. The molecule has 18 aromatic carbocycles. The zero-order valence-corrected chi connectivity index (χ0v) is 77.8. The van der Waals surface area contributed by atoms with Crippen LogP contribution in [0.4, 0.5) is 0 Å². The van der Waals surface area contributed by atoms with Crippen LogP contribution in [0, 0.1) is 0 Å². The van der Waals surface area contributed by atoms with Gasteiger partial charge in [0.05, 0.1) is 22.4 Å². The molecule has 27 rings (SSSR count). The fraction of sp³-hybridized carbons (Fsp3) is 0.0703. The normalized spacial score (nSPS) is 13.2. The average molecular weight is 1790 g/mol. The zero-order chi connectivity index (χ0) is 92.5. The summed E-state index contributed by atoms with van der Waals surface area (Å²) in [5, 5.41) is 7.09. The molecule has 10 heteroatoms. The lowest BCUT2D eigenvalue weighted by Crippen LogP contribution is -2.14. The fourth-order valence-electron chi connectivity index (χ4n) is 21.4. The van der Waals surface area contributed by atoms with E-state index >= 15 is 0 Å². The first kappa shape index (κ1) is 82.8. The maximum absolute atomic E-state index is 6.46. The van der Waals surface area contributed by atoms with Gasteiger partial charge >= 0.3 is 0 Å². The second-order valence-corrected chi connectivity index (χ2v) is 38.9. The largest absolute Gasteiger partial charge is 0.455 e. The summed E-state index contributed by atoms with van der Waals surface area (Å²) in [6, 6.07) is 155. The third-order valence-corrected chi connectivity index (χ3v) is 29.6. The van der Waals surface area contributed by atoms with Gasteiger partial charge in [-0.1, -0.05) is 363 Å². The molecule has 6 aromatic heterocycles. The maximum atomic E-state index is 6.46. The van der Waals surface area contributed by atoms with Crippen LogP contribution in [-0.2, 0) is 16.2 Å². The summed E-state index contributed by atoms with van der Waals surface area (Å²) in [4.78, 5) is 34.6.